The minimum absolute atomic E-state index is 0.867. The molecule has 3 heteroatoms. The molecule has 0 N–H and O–H groups in total. The van der Waals surface area contributed by atoms with E-state index in [0.29, 0.717) is 0 Å². The fourth-order valence-electron chi connectivity index (χ4n) is 1.53. The SMILES string of the molecule is c1cc(-c2ccsc2)c2ocnc2c1. The van der Waals surface area contributed by atoms with Gasteiger partial charge < -0.3 is 4.42 Å². The summed E-state index contributed by atoms with van der Waals surface area (Å²) < 4.78 is 5.37. The van der Waals surface area contributed by atoms with E-state index in [1.54, 1.807) is 11.3 Å². The molecule has 1 aromatic carbocycles. The number of rotatable bonds is 1. The Balaban J connectivity index is 2.36. The number of hydrogen-bond acceptors (Lipinski definition) is 3. The molecule has 0 aliphatic carbocycles. The molecule has 14 heavy (non-hydrogen) atoms. The summed E-state index contributed by atoms with van der Waals surface area (Å²) in [5.74, 6) is 0. The lowest BCUT2D eigenvalue weighted by atomic mass is 10.1. The topological polar surface area (TPSA) is 26.0 Å². The third-order valence-electron chi connectivity index (χ3n) is 2.19. The Labute approximate surface area is 84.8 Å². The maximum atomic E-state index is 5.37. The van der Waals surface area contributed by atoms with Gasteiger partial charge in [0.1, 0.15) is 5.52 Å². The standard InChI is InChI=1S/C11H7NOS/c1-2-9(8-4-5-14-6-8)11-10(3-1)12-7-13-11/h1-7H. The van der Waals surface area contributed by atoms with E-state index in [9.17, 15) is 0 Å². The van der Waals surface area contributed by atoms with Crippen LogP contribution in [0.1, 0.15) is 0 Å². The molecule has 3 rings (SSSR count). The van der Waals surface area contributed by atoms with Crippen molar-refractivity contribution in [1.82, 2.24) is 4.98 Å². The number of oxazole rings is 1. The van der Waals surface area contributed by atoms with Crippen molar-refractivity contribution in [2.45, 2.75) is 0 Å². The van der Waals surface area contributed by atoms with Crippen LogP contribution in [-0.2, 0) is 0 Å². The second-order valence-electron chi connectivity index (χ2n) is 3.02. The molecule has 2 heterocycles. The highest BCUT2D eigenvalue weighted by atomic mass is 32.1. The van der Waals surface area contributed by atoms with Gasteiger partial charge in [0.25, 0.3) is 0 Å². The molecule has 2 nitrogen and oxygen atoms in total. The summed E-state index contributed by atoms with van der Waals surface area (Å²) in [5, 5.41) is 4.17. The molecule has 0 aliphatic heterocycles. The average Bonchev–Trinajstić information content (AvgIpc) is 2.88. The number of para-hydroxylation sites is 1. The Morgan fingerprint density at radius 3 is 3.07 bits per heavy atom. The van der Waals surface area contributed by atoms with Crippen molar-refractivity contribution < 1.29 is 4.42 Å². The van der Waals surface area contributed by atoms with Gasteiger partial charge >= 0.3 is 0 Å². The van der Waals surface area contributed by atoms with Gasteiger partial charge in [0.15, 0.2) is 12.0 Å². The van der Waals surface area contributed by atoms with Crippen molar-refractivity contribution in [2.24, 2.45) is 0 Å². The first-order valence-electron chi connectivity index (χ1n) is 4.30. The predicted octanol–water partition coefficient (Wildman–Crippen LogP) is 3.56. The van der Waals surface area contributed by atoms with E-state index >= 15 is 0 Å². The Kier molecular flexibility index (Phi) is 1.64. The smallest absolute Gasteiger partial charge is 0.182 e. The predicted molar refractivity (Wildman–Crippen MR) is 57.3 cm³/mol. The first-order chi connectivity index (χ1) is 6.95. The minimum Gasteiger partial charge on any atom is -0.443 e. The third-order valence-corrected chi connectivity index (χ3v) is 2.87. The van der Waals surface area contributed by atoms with E-state index in [-0.39, 0.29) is 0 Å². The molecule has 0 bridgehead atoms. The second-order valence-corrected chi connectivity index (χ2v) is 3.80. The van der Waals surface area contributed by atoms with E-state index in [4.69, 9.17) is 4.42 Å². The maximum Gasteiger partial charge on any atom is 0.182 e. The number of hydrogen-bond donors (Lipinski definition) is 0. The first kappa shape index (κ1) is 7.76. The highest BCUT2D eigenvalue weighted by Crippen LogP contribution is 2.29. The Morgan fingerprint density at radius 1 is 1.21 bits per heavy atom. The fraction of sp³-hybridized carbons (Fsp3) is 0. The van der Waals surface area contributed by atoms with Crippen LogP contribution in [0, 0.1) is 0 Å². The zero-order valence-corrected chi connectivity index (χ0v) is 8.12. The first-order valence-corrected chi connectivity index (χ1v) is 5.24. The zero-order chi connectivity index (χ0) is 9.38. The van der Waals surface area contributed by atoms with Crippen LogP contribution in [-0.4, -0.2) is 4.98 Å². The van der Waals surface area contributed by atoms with Crippen molar-refractivity contribution in [3.63, 3.8) is 0 Å². The lowest BCUT2D eigenvalue weighted by molar-refractivity contribution is 0.603. The molecule has 0 atom stereocenters. The van der Waals surface area contributed by atoms with E-state index in [0.717, 1.165) is 16.7 Å². The van der Waals surface area contributed by atoms with E-state index in [1.165, 1.54) is 12.0 Å². The molecular formula is C11H7NOS. The monoisotopic (exact) mass is 201 g/mol. The Bertz CT molecular complexity index is 553. The Hall–Kier alpha value is -1.61. The van der Waals surface area contributed by atoms with Crippen LogP contribution >= 0.6 is 11.3 Å². The molecule has 0 unspecified atom stereocenters. The lowest BCUT2D eigenvalue weighted by Crippen LogP contribution is -1.74. The van der Waals surface area contributed by atoms with E-state index < -0.39 is 0 Å². The number of thiophene rings is 1. The van der Waals surface area contributed by atoms with Crippen molar-refractivity contribution in [2.75, 3.05) is 0 Å². The molecule has 0 fully saturated rings. The van der Waals surface area contributed by atoms with Gasteiger partial charge in [-0.3, -0.25) is 0 Å². The normalized spacial score (nSPS) is 10.9. The molecular weight excluding hydrogens is 194 g/mol. The van der Waals surface area contributed by atoms with Gasteiger partial charge in [-0.2, -0.15) is 11.3 Å². The van der Waals surface area contributed by atoms with Gasteiger partial charge in [0.2, 0.25) is 0 Å². The highest BCUT2D eigenvalue weighted by Gasteiger charge is 2.06. The van der Waals surface area contributed by atoms with Crippen molar-refractivity contribution >= 4 is 22.4 Å². The minimum atomic E-state index is 0.867. The van der Waals surface area contributed by atoms with Crippen LogP contribution in [0.2, 0.25) is 0 Å². The van der Waals surface area contributed by atoms with E-state index in [1.807, 2.05) is 12.1 Å². The summed E-state index contributed by atoms with van der Waals surface area (Å²) >= 11 is 1.68. The summed E-state index contributed by atoms with van der Waals surface area (Å²) in [6, 6.07) is 8.09. The molecule has 0 saturated heterocycles. The summed E-state index contributed by atoms with van der Waals surface area (Å²) in [4.78, 5) is 4.13. The van der Waals surface area contributed by atoms with Crippen LogP contribution in [0.15, 0.2) is 45.8 Å². The van der Waals surface area contributed by atoms with Crippen molar-refractivity contribution in [3.05, 3.63) is 41.4 Å². The quantitative estimate of drug-likeness (QED) is 0.601. The van der Waals surface area contributed by atoms with Crippen LogP contribution in [0.5, 0.6) is 0 Å². The molecule has 0 radical (unpaired) electrons. The van der Waals surface area contributed by atoms with Crippen LogP contribution < -0.4 is 0 Å². The van der Waals surface area contributed by atoms with Crippen LogP contribution in [0.25, 0.3) is 22.2 Å². The molecule has 3 aromatic rings. The van der Waals surface area contributed by atoms with Gasteiger partial charge in [-0.25, -0.2) is 4.98 Å². The zero-order valence-electron chi connectivity index (χ0n) is 7.31. The van der Waals surface area contributed by atoms with Crippen LogP contribution in [0.4, 0.5) is 0 Å². The third kappa shape index (κ3) is 1.06. The summed E-state index contributed by atoms with van der Waals surface area (Å²) in [6.45, 7) is 0. The van der Waals surface area contributed by atoms with E-state index in [2.05, 4.69) is 27.9 Å². The molecule has 0 spiro atoms. The van der Waals surface area contributed by atoms with Gasteiger partial charge in [0, 0.05) is 5.56 Å². The molecule has 0 amide bonds. The molecule has 68 valence electrons. The van der Waals surface area contributed by atoms with Crippen LogP contribution in [0.3, 0.4) is 0 Å². The number of nitrogens with zero attached hydrogens (tertiary/aromatic N) is 1. The summed E-state index contributed by atoms with van der Waals surface area (Å²) in [5.41, 5.74) is 4.08. The number of benzene rings is 1. The number of fused-ring (bicyclic) bond motifs is 1. The van der Waals surface area contributed by atoms with Gasteiger partial charge in [-0.15, -0.1) is 0 Å². The molecule has 0 aliphatic rings. The fourth-order valence-corrected chi connectivity index (χ4v) is 2.19. The largest absolute Gasteiger partial charge is 0.443 e. The van der Waals surface area contributed by atoms with Gasteiger partial charge in [0.05, 0.1) is 0 Å². The number of aromatic nitrogens is 1. The van der Waals surface area contributed by atoms with Crippen molar-refractivity contribution in [1.29, 1.82) is 0 Å². The summed E-state index contributed by atoms with van der Waals surface area (Å²) in [6.07, 6.45) is 1.49. The second kappa shape index (κ2) is 2.96. The highest BCUT2D eigenvalue weighted by molar-refractivity contribution is 7.08. The maximum absolute atomic E-state index is 5.37. The Morgan fingerprint density at radius 2 is 2.21 bits per heavy atom. The average molecular weight is 201 g/mol. The molecule has 0 saturated carbocycles. The van der Waals surface area contributed by atoms with Crippen molar-refractivity contribution in [3.8, 4) is 11.1 Å². The van der Waals surface area contributed by atoms with Gasteiger partial charge in [-0.05, 0) is 28.5 Å². The lowest BCUT2D eigenvalue weighted by Gasteiger charge is -1.96. The summed E-state index contributed by atoms with van der Waals surface area (Å²) in [7, 11) is 0. The molecule has 2 aromatic heterocycles. The van der Waals surface area contributed by atoms with Gasteiger partial charge in [-0.1, -0.05) is 12.1 Å².